The van der Waals surface area contributed by atoms with E-state index in [1.165, 1.54) is 270 Å². The van der Waals surface area contributed by atoms with Crippen molar-refractivity contribution in [3.05, 3.63) is 24.3 Å². The van der Waals surface area contributed by atoms with Crippen molar-refractivity contribution in [2.45, 2.75) is 380 Å². The van der Waals surface area contributed by atoms with Gasteiger partial charge in [-0.05, 0) is 70.6 Å². The molecule has 0 aliphatic heterocycles. The number of unbranched alkanes of at least 4 members (excludes halogenated alkanes) is 47. The molecule has 0 heterocycles. The van der Waals surface area contributed by atoms with Crippen molar-refractivity contribution < 1.29 is 28.6 Å². The van der Waals surface area contributed by atoms with Crippen LogP contribution in [0.2, 0.25) is 0 Å². The minimum Gasteiger partial charge on any atom is -0.462 e. The van der Waals surface area contributed by atoms with E-state index in [-0.39, 0.29) is 31.1 Å². The molecule has 6 nitrogen and oxygen atoms in total. The second-order valence-corrected chi connectivity index (χ2v) is 22.7. The first kappa shape index (κ1) is 71.9. The van der Waals surface area contributed by atoms with Gasteiger partial charge < -0.3 is 14.2 Å². The van der Waals surface area contributed by atoms with E-state index in [1.54, 1.807) is 0 Å². The normalized spacial score (nSPS) is 12.1. The molecule has 0 radical (unpaired) electrons. The third-order valence-corrected chi connectivity index (χ3v) is 15.2. The lowest BCUT2D eigenvalue weighted by Gasteiger charge is -2.18. The Morgan fingerprint density at radius 3 is 0.676 bits per heavy atom. The molecule has 1 unspecified atom stereocenters. The molecule has 0 spiro atoms. The quantitative estimate of drug-likeness (QED) is 0.0261. The maximum absolute atomic E-state index is 12.9. The van der Waals surface area contributed by atoms with Gasteiger partial charge in [0.15, 0.2) is 6.10 Å². The third kappa shape index (κ3) is 60.8. The van der Waals surface area contributed by atoms with E-state index < -0.39 is 6.10 Å². The maximum Gasteiger partial charge on any atom is 0.306 e. The zero-order chi connectivity index (χ0) is 53.6. The predicted octanol–water partition coefficient (Wildman–Crippen LogP) is 22.6. The molecule has 0 saturated carbocycles. The van der Waals surface area contributed by atoms with Crippen LogP contribution in [-0.2, 0) is 28.6 Å². The van der Waals surface area contributed by atoms with Gasteiger partial charge in [0, 0.05) is 19.3 Å². The molecule has 74 heavy (non-hydrogen) atoms. The molecule has 0 aromatic carbocycles. The molecule has 0 aliphatic carbocycles. The number of hydrogen-bond donors (Lipinski definition) is 0. The van der Waals surface area contributed by atoms with E-state index in [4.69, 9.17) is 14.2 Å². The SMILES string of the molecule is CCCCCCCCC/C=C\CCCCCCCC(=O)OC(COC(=O)CCCCCCCCCCCCC)COC(=O)CCCCCCCCCCCCCCCCCCC/C=C\CCCCCCCCCC. The molecular formula is C68H128O6. The van der Waals surface area contributed by atoms with Crippen LogP contribution >= 0.6 is 0 Å². The molecule has 0 N–H and O–H groups in total. The van der Waals surface area contributed by atoms with E-state index in [9.17, 15) is 14.4 Å². The highest BCUT2D eigenvalue weighted by molar-refractivity contribution is 5.71. The van der Waals surface area contributed by atoms with E-state index in [2.05, 4.69) is 45.1 Å². The second kappa shape index (κ2) is 63.4. The molecule has 0 aromatic rings. The number of hydrogen-bond acceptors (Lipinski definition) is 6. The molecule has 0 fully saturated rings. The molecule has 436 valence electrons. The molecular weight excluding hydrogens is 913 g/mol. The van der Waals surface area contributed by atoms with E-state index in [0.717, 1.165) is 64.2 Å². The number of allylic oxidation sites excluding steroid dienone is 4. The lowest BCUT2D eigenvalue weighted by molar-refractivity contribution is -0.167. The van der Waals surface area contributed by atoms with Crippen LogP contribution in [0.5, 0.6) is 0 Å². The highest BCUT2D eigenvalue weighted by atomic mass is 16.6. The van der Waals surface area contributed by atoms with Crippen LogP contribution in [0.3, 0.4) is 0 Å². The van der Waals surface area contributed by atoms with Gasteiger partial charge in [-0.2, -0.15) is 0 Å². The first-order chi connectivity index (χ1) is 36.5. The molecule has 0 aliphatic rings. The Labute approximate surface area is 462 Å². The van der Waals surface area contributed by atoms with Crippen LogP contribution in [0.1, 0.15) is 374 Å². The van der Waals surface area contributed by atoms with Gasteiger partial charge in [0.25, 0.3) is 0 Å². The zero-order valence-electron chi connectivity index (χ0n) is 50.1. The van der Waals surface area contributed by atoms with Gasteiger partial charge in [0.1, 0.15) is 13.2 Å². The average molecular weight is 1040 g/mol. The first-order valence-electron chi connectivity index (χ1n) is 33.3. The number of esters is 3. The smallest absolute Gasteiger partial charge is 0.306 e. The Hall–Kier alpha value is -2.11. The summed E-state index contributed by atoms with van der Waals surface area (Å²) in [5, 5.41) is 0. The number of carbonyl (C=O) groups is 3. The van der Waals surface area contributed by atoms with Crippen molar-refractivity contribution >= 4 is 17.9 Å². The van der Waals surface area contributed by atoms with Gasteiger partial charge in [0.2, 0.25) is 0 Å². The van der Waals surface area contributed by atoms with Crippen molar-refractivity contribution in [2.75, 3.05) is 13.2 Å². The van der Waals surface area contributed by atoms with E-state index >= 15 is 0 Å². The fraction of sp³-hybridized carbons (Fsp3) is 0.897. The van der Waals surface area contributed by atoms with Gasteiger partial charge in [-0.3, -0.25) is 14.4 Å². The number of carbonyl (C=O) groups excluding carboxylic acids is 3. The number of rotatable bonds is 62. The largest absolute Gasteiger partial charge is 0.462 e. The molecule has 1 atom stereocenters. The van der Waals surface area contributed by atoms with Crippen molar-refractivity contribution in [1.29, 1.82) is 0 Å². The average Bonchev–Trinajstić information content (AvgIpc) is 3.40. The Balaban J connectivity index is 4.12. The fourth-order valence-electron chi connectivity index (χ4n) is 10.1. The highest BCUT2D eigenvalue weighted by Crippen LogP contribution is 2.18. The van der Waals surface area contributed by atoms with Crippen molar-refractivity contribution in [3.8, 4) is 0 Å². The summed E-state index contributed by atoms with van der Waals surface area (Å²) >= 11 is 0. The van der Waals surface area contributed by atoms with Crippen LogP contribution in [0.25, 0.3) is 0 Å². The monoisotopic (exact) mass is 1040 g/mol. The fourth-order valence-corrected chi connectivity index (χ4v) is 10.1. The van der Waals surface area contributed by atoms with Gasteiger partial charge in [0.05, 0.1) is 0 Å². The van der Waals surface area contributed by atoms with Crippen molar-refractivity contribution in [2.24, 2.45) is 0 Å². The minimum atomic E-state index is -0.771. The molecule has 0 saturated heterocycles. The summed E-state index contributed by atoms with van der Waals surface area (Å²) in [7, 11) is 0. The predicted molar refractivity (Wildman–Crippen MR) is 321 cm³/mol. The van der Waals surface area contributed by atoms with Crippen LogP contribution in [-0.4, -0.2) is 37.2 Å². The van der Waals surface area contributed by atoms with E-state index in [1.807, 2.05) is 0 Å². The summed E-state index contributed by atoms with van der Waals surface area (Å²) in [4.78, 5) is 38.2. The van der Waals surface area contributed by atoms with Crippen LogP contribution in [0.15, 0.2) is 24.3 Å². The summed E-state index contributed by atoms with van der Waals surface area (Å²) in [6.45, 7) is 6.68. The van der Waals surface area contributed by atoms with Crippen LogP contribution < -0.4 is 0 Å². The molecule has 0 rings (SSSR count). The van der Waals surface area contributed by atoms with Gasteiger partial charge in [-0.1, -0.05) is 308 Å². The van der Waals surface area contributed by atoms with Gasteiger partial charge in [-0.25, -0.2) is 0 Å². The third-order valence-electron chi connectivity index (χ3n) is 15.2. The Kier molecular flexibility index (Phi) is 61.6. The van der Waals surface area contributed by atoms with E-state index in [0.29, 0.717) is 19.3 Å². The molecule has 0 bridgehead atoms. The Morgan fingerprint density at radius 1 is 0.257 bits per heavy atom. The maximum atomic E-state index is 12.9. The summed E-state index contributed by atoms with van der Waals surface area (Å²) in [5.74, 6) is -0.852. The van der Waals surface area contributed by atoms with Crippen LogP contribution in [0, 0.1) is 0 Å². The van der Waals surface area contributed by atoms with Crippen LogP contribution in [0.4, 0.5) is 0 Å². The second-order valence-electron chi connectivity index (χ2n) is 22.7. The minimum absolute atomic E-state index is 0.0689. The summed E-state index contributed by atoms with van der Waals surface area (Å²) in [6.07, 6.45) is 76.4. The lowest BCUT2D eigenvalue weighted by atomic mass is 10.0. The number of ether oxygens (including phenoxy) is 3. The van der Waals surface area contributed by atoms with Gasteiger partial charge >= 0.3 is 17.9 Å². The Morgan fingerprint density at radius 2 is 0.446 bits per heavy atom. The standard InChI is InChI=1S/C68H128O6/c1-4-7-10-13-16-19-22-24-26-28-29-30-31-32-33-34-35-36-37-38-39-40-42-43-46-49-52-55-58-61-67(70)73-64-65(63-72-66(69)60-57-54-51-48-45-21-18-15-12-9-6-3)74-68(71)62-59-56-53-50-47-44-41-27-25-23-20-17-14-11-8-5-2/h27-29,41,65H,4-26,30-40,42-64H2,1-3H3/b29-28-,41-27-. The zero-order valence-corrected chi connectivity index (χ0v) is 50.1. The van der Waals surface area contributed by atoms with Crippen molar-refractivity contribution in [3.63, 3.8) is 0 Å². The van der Waals surface area contributed by atoms with Crippen molar-refractivity contribution in [1.82, 2.24) is 0 Å². The topological polar surface area (TPSA) is 78.9 Å². The molecule has 0 amide bonds. The van der Waals surface area contributed by atoms with Gasteiger partial charge in [-0.15, -0.1) is 0 Å². The molecule has 0 aromatic heterocycles. The summed E-state index contributed by atoms with van der Waals surface area (Å²) < 4.78 is 16.9. The molecule has 6 heteroatoms. The highest BCUT2D eigenvalue weighted by Gasteiger charge is 2.19. The summed E-state index contributed by atoms with van der Waals surface area (Å²) in [6, 6.07) is 0. The lowest BCUT2D eigenvalue weighted by Crippen LogP contribution is -2.30. The Bertz CT molecular complexity index is 1190. The first-order valence-corrected chi connectivity index (χ1v) is 33.3. The summed E-state index contributed by atoms with van der Waals surface area (Å²) in [5.41, 5.74) is 0.